The van der Waals surface area contributed by atoms with Crippen LogP contribution in [0.15, 0.2) is 23.4 Å². The molecule has 0 saturated carbocycles. The molecule has 0 fully saturated rings. The lowest BCUT2D eigenvalue weighted by atomic mass is 10.0. The molecule has 0 spiro atoms. The Morgan fingerprint density at radius 3 is 2.21 bits per heavy atom. The number of nitrogens with two attached hydrogens (primary N) is 1. The van der Waals surface area contributed by atoms with Gasteiger partial charge in [0, 0.05) is 5.56 Å². The van der Waals surface area contributed by atoms with Crippen molar-refractivity contribution in [3.05, 3.63) is 34.9 Å². The molecule has 0 heterocycles. The molecule has 1 amide bonds. The molecule has 19 heavy (non-hydrogen) atoms. The maximum atomic E-state index is 12.2. The van der Waals surface area contributed by atoms with Crippen LogP contribution in [0.5, 0.6) is 0 Å². The fourth-order valence-electron chi connectivity index (χ4n) is 1.97. The van der Waals surface area contributed by atoms with Crippen LogP contribution in [0.2, 0.25) is 0 Å². The van der Waals surface area contributed by atoms with E-state index >= 15 is 0 Å². The van der Waals surface area contributed by atoms with Gasteiger partial charge in [-0.25, -0.2) is 0 Å². The maximum absolute atomic E-state index is 12.2. The summed E-state index contributed by atoms with van der Waals surface area (Å²) in [6.45, 7) is 7.66. The van der Waals surface area contributed by atoms with E-state index in [1.54, 1.807) is 0 Å². The van der Waals surface area contributed by atoms with Crippen molar-refractivity contribution in [3.8, 4) is 0 Å². The van der Waals surface area contributed by atoms with Crippen LogP contribution >= 0.6 is 0 Å². The molecule has 5 heteroatoms. The summed E-state index contributed by atoms with van der Waals surface area (Å²) in [6, 6.07) is 5.14. The summed E-state index contributed by atoms with van der Waals surface area (Å²) >= 11 is 0. The van der Waals surface area contributed by atoms with Gasteiger partial charge in [-0.05, 0) is 31.9 Å². The summed E-state index contributed by atoms with van der Waals surface area (Å²) in [5.41, 5.74) is 8.21. The fourth-order valence-corrected chi connectivity index (χ4v) is 1.97. The van der Waals surface area contributed by atoms with E-state index in [9.17, 15) is 4.79 Å². The first kappa shape index (κ1) is 15.0. The fraction of sp³-hybridized carbons (Fsp3) is 0.429. The molecule has 0 saturated heterocycles. The number of aryl methyl sites for hydroxylation is 2. The first-order chi connectivity index (χ1) is 8.85. The van der Waals surface area contributed by atoms with Crippen LogP contribution in [0.3, 0.4) is 0 Å². The Hall–Kier alpha value is -2.04. The minimum absolute atomic E-state index is 0.00715. The zero-order valence-corrected chi connectivity index (χ0v) is 11.8. The monoisotopic (exact) mass is 263 g/mol. The molecule has 4 N–H and O–H groups in total. The van der Waals surface area contributed by atoms with Gasteiger partial charge in [-0.15, -0.1) is 0 Å². The quantitative estimate of drug-likeness (QED) is 0.335. The van der Waals surface area contributed by atoms with E-state index in [0.29, 0.717) is 5.56 Å². The Balaban J connectivity index is 2.94. The van der Waals surface area contributed by atoms with E-state index in [4.69, 9.17) is 10.9 Å². The zero-order valence-electron chi connectivity index (χ0n) is 11.8. The van der Waals surface area contributed by atoms with Crippen molar-refractivity contribution >= 4 is 11.7 Å². The van der Waals surface area contributed by atoms with Gasteiger partial charge in [0.1, 0.15) is 0 Å². The molecular formula is C14H21N3O2. The first-order valence-corrected chi connectivity index (χ1v) is 6.21. The molecule has 0 aliphatic carbocycles. The Bertz CT molecular complexity index is 475. The number of hydrogen-bond donors (Lipinski definition) is 3. The number of nitrogens with zero attached hydrogens (tertiary/aromatic N) is 1. The van der Waals surface area contributed by atoms with Gasteiger partial charge in [0.15, 0.2) is 5.84 Å². The SMILES string of the molecule is Cc1cc(C)cc(C(=O)NC(C(N)=NO)C(C)C)c1. The van der Waals surface area contributed by atoms with E-state index in [1.807, 2.05) is 45.9 Å². The van der Waals surface area contributed by atoms with Gasteiger partial charge < -0.3 is 16.3 Å². The highest BCUT2D eigenvalue weighted by Gasteiger charge is 2.21. The molecule has 0 aromatic heterocycles. The molecule has 1 unspecified atom stereocenters. The topological polar surface area (TPSA) is 87.7 Å². The third kappa shape index (κ3) is 3.98. The van der Waals surface area contributed by atoms with Crippen LogP contribution < -0.4 is 11.1 Å². The summed E-state index contributed by atoms with van der Waals surface area (Å²) < 4.78 is 0. The minimum atomic E-state index is -0.488. The lowest BCUT2D eigenvalue weighted by molar-refractivity contribution is 0.0938. The Morgan fingerprint density at radius 2 is 1.79 bits per heavy atom. The van der Waals surface area contributed by atoms with Crippen molar-refractivity contribution in [1.82, 2.24) is 5.32 Å². The van der Waals surface area contributed by atoms with Gasteiger partial charge in [-0.1, -0.05) is 36.2 Å². The highest BCUT2D eigenvalue weighted by Crippen LogP contribution is 2.10. The number of nitrogens with one attached hydrogen (secondary N) is 1. The van der Waals surface area contributed by atoms with E-state index in [-0.39, 0.29) is 17.7 Å². The highest BCUT2D eigenvalue weighted by atomic mass is 16.4. The van der Waals surface area contributed by atoms with Crippen molar-refractivity contribution in [2.45, 2.75) is 33.7 Å². The van der Waals surface area contributed by atoms with Crippen molar-refractivity contribution in [1.29, 1.82) is 0 Å². The predicted molar refractivity (Wildman–Crippen MR) is 75.4 cm³/mol. The molecule has 5 nitrogen and oxygen atoms in total. The number of carbonyl (C=O) groups excluding carboxylic acids is 1. The second-order valence-electron chi connectivity index (χ2n) is 5.10. The molecule has 104 valence electrons. The van der Waals surface area contributed by atoms with E-state index in [0.717, 1.165) is 11.1 Å². The zero-order chi connectivity index (χ0) is 14.6. The van der Waals surface area contributed by atoms with Crippen molar-refractivity contribution < 1.29 is 10.0 Å². The van der Waals surface area contributed by atoms with Crippen molar-refractivity contribution in [2.75, 3.05) is 0 Å². The van der Waals surface area contributed by atoms with Crippen LogP contribution in [0, 0.1) is 19.8 Å². The van der Waals surface area contributed by atoms with E-state index in [1.165, 1.54) is 0 Å². The van der Waals surface area contributed by atoms with Crippen LogP contribution in [-0.2, 0) is 0 Å². The van der Waals surface area contributed by atoms with Gasteiger partial charge in [0.25, 0.3) is 5.91 Å². The summed E-state index contributed by atoms with van der Waals surface area (Å²) in [6.07, 6.45) is 0. The molecule has 0 aliphatic rings. The van der Waals surface area contributed by atoms with Gasteiger partial charge in [0.05, 0.1) is 6.04 Å². The number of hydrogen-bond acceptors (Lipinski definition) is 3. The molecule has 1 aromatic carbocycles. The number of carbonyl (C=O) groups is 1. The normalized spacial score (nSPS) is 13.4. The lowest BCUT2D eigenvalue weighted by Crippen LogP contribution is -2.47. The average molecular weight is 263 g/mol. The molecule has 0 radical (unpaired) electrons. The maximum Gasteiger partial charge on any atom is 0.251 e. The second kappa shape index (κ2) is 6.22. The smallest absolute Gasteiger partial charge is 0.251 e. The van der Waals surface area contributed by atoms with Crippen molar-refractivity contribution in [3.63, 3.8) is 0 Å². The molecule has 0 aliphatic heterocycles. The summed E-state index contributed by atoms with van der Waals surface area (Å²) in [4.78, 5) is 12.2. The van der Waals surface area contributed by atoms with Gasteiger partial charge in [-0.3, -0.25) is 4.79 Å². The number of rotatable bonds is 4. The number of benzene rings is 1. The minimum Gasteiger partial charge on any atom is -0.409 e. The Kier molecular flexibility index (Phi) is 4.92. The van der Waals surface area contributed by atoms with Crippen LogP contribution in [0.4, 0.5) is 0 Å². The summed E-state index contributed by atoms with van der Waals surface area (Å²) in [7, 11) is 0. The molecule has 1 atom stereocenters. The highest BCUT2D eigenvalue weighted by molar-refractivity contribution is 5.98. The first-order valence-electron chi connectivity index (χ1n) is 6.21. The van der Waals surface area contributed by atoms with E-state index < -0.39 is 6.04 Å². The molecular weight excluding hydrogens is 242 g/mol. The Labute approximate surface area is 113 Å². The van der Waals surface area contributed by atoms with Crippen molar-refractivity contribution in [2.24, 2.45) is 16.8 Å². The standard InChI is InChI=1S/C14H21N3O2/c1-8(2)12(13(15)17-19)16-14(18)11-6-9(3)5-10(4)7-11/h5-8,12,19H,1-4H3,(H2,15,17)(H,16,18). The molecule has 1 aromatic rings. The number of amidine groups is 1. The molecule has 0 bridgehead atoms. The average Bonchev–Trinajstić information content (AvgIpc) is 2.33. The second-order valence-corrected chi connectivity index (χ2v) is 5.10. The Morgan fingerprint density at radius 1 is 1.26 bits per heavy atom. The number of oxime groups is 1. The lowest BCUT2D eigenvalue weighted by Gasteiger charge is -2.21. The van der Waals surface area contributed by atoms with Gasteiger partial charge >= 0.3 is 0 Å². The predicted octanol–water partition coefficient (Wildman–Crippen LogP) is 1.80. The third-order valence-electron chi connectivity index (χ3n) is 2.87. The van der Waals surface area contributed by atoms with Crippen LogP contribution in [-0.4, -0.2) is 23.0 Å². The summed E-state index contributed by atoms with van der Waals surface area (Å²) in [5.74, 6) is -0.185. The van der Waals surface area contributed by atoms with Crippen LogP contribution in [0.1, 0.15) is 35.3 Å². The summed E-state index contributed by atoms with van der Waals surface area (Å²) in [5, 5.41) is 14.5. The number of amides is 1. The van der Waals surface area contributed by atoms with Crippen LogP contribution in [0.25, 0.3) is 0 Å². The molecule has 1 rings (SSSR count). The van der Waals surface area contributed by atoms with Gasteiger partial charge in [-0.2, -0.15) is 0 Å². The van der Waals surface area contributed by atoms with Gasteiger partial charge in [0.2, 0.25) is 0 Å². The largest absolute Gasteiger partial charge is 0.409 e. The van der Waals surface area contributed by atoms with E-state index in [2.05, 4.69) is 10.5 Å². The third-order valence-corrected chi connectivity index (χ3v) is 2.87.